The van der Waals surface area contributed by atoms with Crippen molar-refractivity contribution >= 4 is 0 Å². The second-order valence-corrected chi connectivity index (χ2v) is 3.96. The molecule has 1 aliphatic carbocycles. The van der Waals surface area contributed by atoms with Crippen LogP contribution in [-0.2, 0) is 0 Å². The Bertz CT molecular complexity index is 106. The van der Waals surface area contributed by atoms with E-state index in [2.05, 4.69) is 13.8 Å². The van der Waals surface area contributed by atoms with Gasteiger partial charge in [-0.2, -0.15) is 0 Å². The van der Waals surface area contributed by atoms with E-state index in [1.54, 1.807) is 0 Å². The molecule has 1 aliphatic rings. The third-order valence-corrected chi connectivity index (χ3v) is 3.27. The lowest BCUT2D eigenvalue weighted by atomic mass is 9.71. The van der Waals surface area contributed by atoms with Crippen molar-refractivity contribution in [3.05, 3.63) is 0 Å². The molecule has 0 unspecified atom stereocenters. The van der Waals surface area contributed by atoms with Crippen LogP contribution in [0.2, 0.25) is 0 Å². The Morgan fingerprint density at radius 2 is 1.60 bits per heavy atom. The molecule has 2 atom stereocenters. The molecule has 1 fully saturated rings. The van der Waals surface area contributed by atoms with Crippen molar-refractivity contribution in [2.75, 3.05) is 0 Å². The van der Waals surface area contributed by atoms with Gasteiger partial charge in [-0.25, -0.2) is 0 Å². The van der Waals surface area contributed by atoms with E-state index in [-0.39, 0.29) is 0 Å². The molecule has 1 saturated carbocycles. The fourth-order valence-corrected chi connectivity index (χ4v) is 1.80. The first-order chi connectivity index (χ1) is 4.55. The van der Waals surface area contributed by atoms with E-state index in [0.717, 1.165) is 0 Å². The van der Waals surface area contributed by atoms with Gasteiger partial charge in [-0.05, 0) is 31.6 Å². The van der Waals surface area contributed by atoms with Gasteiger partial charge in [0.2, 0.25) is 0 Å². The van der Waals surface area contributed by atoms with E-state index >= 15 is 0 Å². The van der Waals surface area contributed by atoms with Crippen LogP contribution in [0.5, 0.6) is 0 Å². The summed E-state index contributed by atoms with van der Waals surface area (Å²) in [6.07, 6.45) is 3.67. The van der Waals surface area contributed by atoms with Crippen LogP contribution in [0.3, 0.4) is 0 Å². The van der Waals surface area contributed by atoms with Crippen molar-refractivity contribution in [1.82, 2.24) is 0 Å². The second kappa shape index (κ2) is 2.54. The molecule has 0 spiro atoms. The van der Waals surface area contributed by atoms with E-state index in [1.807, 2.05) is 6.92 Å². The molecule has 10 heavy (non-hydrogen) atoms. The Morgan fingerprint density at radius 3 is 1.90 bits per heavy atom. The highest BCUT2D eigenvalue weighted by Gasteiger charge is 2.36. The highest BCUT2D eigenvalue weighted by atomic mass is 16.3. The topological polar surface area (TPSA) is 20.2 Å². The molecule has 0 aromatic carbocycles. The number of hydrogen-bond donors (Lipinski definition) is 1. The van der Waals surface area contributed by atoms with E-state index in [9.17, 15) is 5.11 Å². The first kappa shape index (κ1) is 8.06. The zero-order valence-electron chi connectivity index (χ0n) is 7.22. The largest absolute Gasteiger partial charge is 0.390 e. The molecule has 0 radical (unpaired) electrons. The molecule has 0 aromatic rings. The maximum absolute atomic E-state index is 9.91. The van der Waals surface area contributed by atoms with E-state index in [0.29, 0.717) is 11.8 Å². The highest BCUT2D eigenvalue weighted by Crippen LogP contribution is 2.37. The van der Waals surface area contributed by atoms with Crippen LogP contribution in [-0.4, -0.2) is 10.7 Å². The molecular formula is C9H18O. The van der Waals surface area contributed by atoms with Gasteiger partial charge in [-0.3, -0.25) is 0 Å². The smallest absolute Gasteiger partial charge is 0.0670 e. The van der Waals surface area contributed by atoms with Crippen LogP contribution in [0.15, 0.2) is 0 Å². The molecule has 0 amide bonds. The molecule has 1 heteroatoms. The van der Waals surface area contributed by atoms with Crippen molar-refractivity contribution in [2.24, 2.45) is 11.8 Å². The Balaban J connectivity index is 2.63. The van der Waals surface area contributed by atoms with Crippen molar-refractivity contribution in [3.63, 3.8) is 0 Å². The second-order valence-electron chi connectivity index (χ2n) is 3.96. The third-order valence-electron chi connectivity index (χ3n) is 3.27. The standard InChI is InChI=1S/C9H18O/c1-7-5-4-6-8(2)9(7,3)10/h7-8,10H,4-6H2,1-3H3/t7-,8-/m0/s1. The lowest BCUT2D eigenvalue weighted by Crippen LogP contribution is -2.42. The summed E-state index contributed by atoms with van der Waals surface area (Å²) in [5.74, 6) is 0.965. The summed E-state index contributed by atoms with van der Waals surface area (Å²) in [6, 6.07) is 0. The zero-order chi connectivity index (χ0) is 7.78. The summed E-state index contributed by atoms with van der Waals surface area (Å²) in [4.78, 5) is 0. The van der Waals surface area contributed by atoms with Gasteiger partial charge in [0.15, 0.2) is 0 Å². The van der Waals surface area contributed by atoms with Gasteiger partial charge in [0.25, 0.3) is 0 Å². The van der Waals surface area contributed by atoms with Crippen molar-refractivity contribution in [3.8, 4) is 0 Å². The number of rotatable bonds is 0. The minimum Gasteiger partial charge on any atom is -0.390 e. The highest BCUT2D eigenvalue weighted by molar-refractivity contribution is 4.88. The van der Waals surface area contributed by atoms with Gasteiger partial charge in [0, 0.05) is 0 Å². The minimum absolute atomic E-state index is 0.405. The summed E-state index contributed by atoms with van der Waals surface area (Å²) in [7, 11) is 0. The van der Waals surface area contributed by atoms with Gasteiger partial charge >= 0.3 is 0 Å². The molecule has 0 aliphatic heterocycles. The van der Waals surface area contributed by atoms with Gasteiger partial charge in [-0.1, -0.05) is 20.3 Å². The predicted octanol–water partition coefficient (Wildman–Crippen LogP) is 2.19. The lowest BCUT2D eigenvalue weighted by molar-refractivity contribution is -0.0662. The molecular weight excluding hydrogens is 124 g/mol. The molecule has 0 bridgehead atoms. The summed E-state index contributed by atoms with van der Waals surface area (Å²) < 4.78 is 0. The Hall–Kier alpha value is -0.0400. The first-order valence-corrected chi connectivity index (χ1v) is 4.27. The average Bonchev–Trinajstić information content (AvgIpc) is 1.84. The van der Waals surface area contributed by atoms with Crippen LogP contribution in [0.4, 0.5) is 0 Å². The van der Waals surface area contributed by atoms with Gasteiger partial charge < -0.3 is 5.11 Å². The first-order valence-electron chi connectivity index (χ1n) is 4.27. The normalized spacial score (nSPS) is 39.6. The summed E-state index contributed by atoms with van der Waals surface area (Å²) in [5.41, 5.74) is -0.405. The van der Waals surface area contributed by atoms with Gasteiger partial charge in [0.1, 0.15) is 0 Å². The molecule has 1 N–H and O–H groups in total. The van der Waals surface area contributed by atoms with E-state index < -0.39 is 5.60 Å². The van der Waals surface area contributed by atoms with Crippen molar-refractivity contribution in [2.45, 2.75) is 45.6 Å². The van der Waals surface area contributed by atoms with Crippen LogP contribution in [0.1, 0.15) is 40.0 Å². The number of hydrogen-bond acceptors (Lipinski definition) is 1. The maximum atomic E-state index is 9.91. The fourth-order valence-electron chi connectivity index (χ4n) is 1.80. The Kier molecular flexibility index (Phi) is 2.04. The van der Waals surface area contributed by atoms with Crippen LogP contribution in [0, 0.1) is 11.8 Å². The van der Waals surface area contributed by atoms with E-state index in [1.165, 1.54) is 19.3 Å². The molecule has 1 nitrogen and oxygen atoms in total. The maximum Gasteiger partial charge on any atom is 0.0670 e. The molecule has 0 saturated heterocycles. The SMILES string of the molecule is C[C@H]1CCC[C@H](C)C1(C)O. The van der Waals surface area contributed by atoms with Crippen molar-refractivity contribution < 1.29 is 5.11 Å². The molecule has 0 heterocycles. The summed E-state index contributed by atoms with van der Waals surface area (Å²) in [6.45, 7) is 6.27. The third kappa shape index (κ3) is 1.20. The molecule has 1 rings (SSSR count). The van der Waals surface area contributed by atoms with Gasteiger partial charge in [0.05, 0.1) is 5.60 Å². The lowest BCUT2D eigenvalue weighted by Gasteiger charge is -2.40. The number of aliphatic hydroxyl groups is 1. The summed E-state index contributed by atoms with van der Waals surface area (Å²) in [5, 5.41) is 9.91. The fraction of sp³-hybridized carbons (Fsp3) is 1.00. The Labute approximate surface area is 63.4 Å². The minimum atomic E-state index is -0.405. The van der Waals surface area contributed by atoms with E-state index in [4.69, 9.17) is 0 Å². The zero-order valence-corrected chi connectivity index (χ0v) is 7.22. The average molecular weight is 142 g/mol. The molecule has 60 valence electrons. The van der Waals surface area contributed by atoms with Crippen LogP contribution in [0.25, 0.3) is 0 Å². The van der Waals surface area contributed by atoms with Crippen LogP contribution < -0.4 is 0 Å². The predicted molar refractivity (Wildman–Crippen MR) is 42.8 cm³/mol. The quantitative estimate of drug-likeness (QED) is 0.549. The van der Waals surface area contributed by atoms with Crippen LogP contribution >= 0.6 is 0 Å². The Morgan fingerprint density at radius 1 is 1.20 bits per heavy atom. The summed E-state index contributed by atoms with van der Waals surface area (Å²) >= 11 is 0. The molecule has 0 aromatic heterocycles. The van der Waals surface area contributed by atoms with Gasteiger partial charge in [-0.15, -0.1) is 0 Å². The monoisotopic (exact) mass is 142 g/mol. The van der Waals surface area contributed by atoms with Crippen molar-refractivity contribution in [1.29, 1.82) is 0 Å².